The number of rotatable bonds is 7. The first kappa shape index (κ1) is 19.1. The molecule has 7 nitrogen and oxygen atoms in total. The molecule has 2 atom stereocenters. The number of amides is 1. The topological polar surface area (TPSA) is 93.5 Å². The van der Waals surface area contributed by atoms with E-state index in [-0.39, 0.29) is 24.9 Å². The molecule has 1 heterocycles. The Balaban J connectivity index is 1.70. The molecular weight excluding hydrogens is 346 g/mol. The fourth-order valence-corrected chi connectivity index (χ4v) is 3.68. The maximum atomic E-state index is 12.6. The van der Waals surface area contributed by atoms with Gasteiger partial charge in [0, 0.05) is 24.6 Å². The molecule has 1 aliphatic rings. The molecule has 7 heteroatoms. The van der Waals surface area contributed by atoms with E-state index in [1.54, 1.807) is 17.1 Å². The van der Waals surface area contributed by atoms with Crippen molar-refractivity contribution in [2.24, 2.45) is 5.41 Å². The van der Waals surface area contributed by atoms with Crippen LogP contribution in [0.25, 0.3) is 5.69 Å². The third kappa shape index (κ3) is 3.35. The van der Waals surface area contributed by atoms with Crippen LogP contribution >= 0.6 is 0 Å². The highest BCUT2D eigenvalue weighted by atomic mass is 16.5. The second-order valence-corrected chi connectivity index (χ2v) is 7.43. The average molecular weight is 371 g/mol. The molecular formula is C20H25N3O4. The highest BCUT2D eigenvalue weighted by Crippen LogP contribution is 2.51. The molecule has 1 fully saturated rings. The molecule has 3 rings (SSSR count). The SMILES string of the molecule is CCOC1CC(NC(=O)Cc2cnn(-c3ccccc3)c2)(C(=O)O)C1(C)C. The number of carbonyl (C=O) groups is 2. The number of carboxylic acids is 1. The van der Waals surface area contributed by atoms with E-state index < -0.39 is 16.9 Å². The second kappa shape index (κ2) is 7.15. The van der Waals surface area contributed by atoms with Crippen molar-refractivity contribution in [3.8, 4) is 5.69 Å². The number of benzene rings is 1. The van der Waals surface area contributed by atoms with Crippen LogP contribution in [0, 0.1) is 5.41 Å². The summed E-state index contributed by atoms with van der Waals surface area (Å²) in [6, 6.07) is 9.58. The van der Waals surface area contributed by atoms with Gasteiger partial charge in [-0.1, -0.05) is 32.0 Å². The molecule has 0 spiro atoms. The normalized spacial score (nSPS) is 23.4. The van der Waals surface area contributed by atoms with Gasteiger partial charge in [-0.25, -0.2) is 9.48 Å². The van der Waals surface area contributed by atoms with E-state index in [4.69, 9.17) is 4.74 Å². The van der Waals surface area contributed by atoms with Gasteiger partial charge in [-0.15, -0.1) is 0 Å². The lowest BCUT2D eigenvalue weighted by atomic mass is 9.54. The van der Waals surface area contributed by atoms with Gasteiger partial charge in [-0.3, -0.25) is 4.79 Å². The average Bonchev–Trinajstić information content (AvgIpc) is 3.09. The molecule has 1 amide bonds. The number of aromatic nitrogens is 2. The predicted octanol–water partition coefficient (Wildman–Crippen LogP) is 2.19. The Morgan fingerprint density at radius 3 is 2.63 bits per heavy atom. The minimum Gasteiger partial charge on any atom is -0.479 e. The van der Waals surface area contributed by atoms with Crippen molar-refractivity contribution in [3.63, 3.8) is 0 Å². The molecule has 0 bridgehead atoms. The molecule has 1 saturated carbocycles. The van der Waals surface area contributed by atoms with Gasteiger partial charge >= 0.3 is 5.97 Å². The van der Waals surface area contributed by atoms with Gasteiger partial charge in [0.05, 0.1) is 24.4 Å². The molecule has 144 valence electrons. The standard InChI is InChI=1S/C20H25N3O4/c1-4-27-16-11-20(18(25)26,19(16,2)3)22-17(24)10-14-12-21-23(13-14)15-8-6-5-7-9-15/h5-9,12-13,16H,4,10-11H2,1-3H3,(H,22,24)(H,25,26). The zero-order valence-corrected chi connectivity index (χ0v) is 15.8. The van der Waals surface area contributed by atoms with Gasteiger partial charge in [0.15, 0.2) is 0 Å². The van der Waals surface area contributed by atoms with Gasteiger partial charge in [0.25, 0.3) is 0 Å². The molecule has 1 aliphatic carbocycles. The maximum Gasteiger partial charge on any atom is 0.330 e. The first-order chi connectivity index (χ1) is 12.8. The summed E-state index contributed by atoms with van der Waals surface area (Å²) in [6.07, 6.45) is 3.53. The van der Waals surface area contributed by atoms with Crippen LogP contribution < -0.4 is 5.32 Å². The molecule has 2 aromatic rings. The summed E-state index contributed by atoms with van der Waals surface area (Å²) in [6.45, 7) is 6.02. The fourth-order valence-electron chi connectivity index (χ4n) is 3.68. The Bertz CT molecular complexity index is 831. The largest absolute Gasteiger partial charge is 0.479 e. The lowest BCUT2D eigenvalue weighted by Crippen LogP contribution is -2.76. The Morgan fingerprint density at radius 2 is 2.04 bits per heavy atom. The number of carboxylic acid groups (broad SMARTS) is 1. The number of hydrogen-bond donors (Lipinski definition) is 2. The van der Waals surface area contributed by atoms with E-state index in [0.717, 1.165) is 11.3 Å². The summed E-state index contributed by atoms with van der Waals surface area (Å²) in [5.41, 5.74) is -0.404. The van der Waals surface area contributed by atoms with Crippen LogP contribution in [0.2, 0.25) is 0 Å². The third-order valence-electron chi connectivity index (χ3n) is 5.50. The van der Waals surface area contributed by atoms with Crippen molar-refractivity contribution >= 4 is 11.9 Å². The van der Waals surface area contributed by atoms with E-state index in [1.165, 1.54) is 0 Å². The van der Waals surface area contributed by atoms with E-state index >= 15 is 0 Å². The van der Waals surface area contributed by atoms with Crippen molar-refractivity contribution in [1.29, 1.82) is 0 Å². The molecule has 1 aromatic carbocycles. The minimum atomic E-state index is -1.32. The molecule has 2 unspecified atom stereocenters. The zero-order valence-electron chi connectivity index (χ0n) is 15.8. The van der Waals surface area contributed by atoms with Crippen LogP contribution in [0.15, 0.2) is 42.7 Å². The number of nitrogens with one attached hydrogen (secondary N) is 1. The summed E-state index contributed by atoms with van der Waals surface area (Å²) in [7, 11) is 0. The molecule has 1 aromatic heterocycles. The maximum absolute atomic E-state index is 12.6. The molecule has 0 radical (unpaired) electrons. The van der Waals surface area contributed by atoms with E-state index in [0.29, 0.717) is 6.61 Å². The summed E-state index contributed by atoms with van der Waals surface area (Å²) in [5, 5.41) is 16.8. The van der Waals surface area contributed by atoms with E-state index in [9.17, 15) is 14.7 Å². The first-order valence-corrected chi connectivity index (χ1v) is 9.05. The molecule has 27 heavy (non-hydrogen) atoms. The first-order valence-electron chi connectivity index (χ1n) is 9.05. The van der Waals surface area contributed by atoms with Crippen LogP contribution in [-0.2, 0) is 20.7 Å². The van der Waals surface area contributed by atoms with Gasteiger partial charge in [-0.2, -0.15) is 5.10 Å². The fraction of sp³-hybridized carbons (Fsp3) is 0.450. The summed E-state index contributed by atoms with van der Waals surface area (Å²) in [5.74, 6) is -1.37. The highest BCUT2D eigenvalue weighted by molar-refractivity contribution is 5.90. The summed E-state index contributed by atoms with van der Waals surface area (Å²) in [4.78, 5) is 24.5. The minimum absolute atomic E-state index is 0.0667. The monoisotopic (exact) mass is 371 g/mol. The van der Waals surface area contributed by atoms with Crippen LogP contribution in [-0.4, -0.2) is 45.0 Å². The lowest BCUT2D eigenvalue weighted by molar-refractivity contribution is -0.194. The van der Waals surface area contributed by atoms with Gasteiger partial charge in [0.2, 0.25) is 5.91 Å². The van der Waals surface area contributed by atoms with E-state index in [2.05, 4.69) is 10.4 Å². The number of carbonyl (C=O) groups excluding carboxylic acids is 1. The number of ether oxygens (including phenoxy) is 1. The van der Waals surface area contributed by atoms with Gasteiger partial charge in [0.1, 0.15) is 5.54 Å². The van der Waals surface area contributed by atoms with Crippen molar-refractivity contribution in [2.45, 2.75) is 45.3 Å². The highest BCUT2D eigenvalue weighted by Gasteiger charge is 2.66. The molecule has 2 N–H and O–H groups in total. The smallest absolute Gasteiger partial charge is 0.330 e. The van der Waals surface area contributed by atoms with Crippen molar-refractivity contribution in [2.75, 3.05) is 6.61 Å². The summed E-state index contributed by atoms with van der Waals surface area (Å²) >= 11 is 0. The van der Waals surface area contributed by atoms with Crippen LogP contribution in [0.3, 0.4) is 0 Å². The van der Waals surface area contributed by atoms with Crippen molar-refractivity contribution in [3.05, 3.63) is 48.3 Å². The summed E-state index contributed by atoms with van der Waals surface area (Å²) < 4.78 is 7.31. The van der Waals surface area contributed by atoms with Crippen molar-refractivity contribution in [1.82, 2.24) is 15.1 Å². The second-order valence-electron chi connectivity index (χ2n) is 7.43. The van der Waals surface area contributed by atoms with E-state index in [1.807, 2.05) is 51.1 Å². The lowest BCUT2D eigenvalue weighted by Gasteiger charge is -2.58. The Labute approximate surface area is 158 Å². The number of para-hydroxylation sites is 1. The van der Waals surface area contributed by atoms with Gasteiger partial charge in [-0.05, 0) is 24.6 Å². The molecule has 0 saturated heterocycles. The third-order valence-corrected chi connectivity index (χ3v) is 5.50. The van der Waals surface area contributed by atoms with Gasteiger partial charge < -0.3 is 15.2 Å². The number of aliphatic carboxylic acids is 1. The number of hydrogen-bond acceptors (Lipinski definition) is 4. The Kier molecular flexibility index (Phi) is 5.06. The van der Waals surface area contributed by atoms with Crippen LogP contribution in [0.1, 0.15) is 32.8 Å². The quantitative estimate of drug-likeness (QED) is 0.778. The van der Waals surface area contributed by atoms with Crippen LogP contribution in [0.5, 0.6) is 0 Å². The molecule has 0 aliphatic heterocycles. The number of nitrogens with zero attached hydrogens (tertiary/aromatic N) is 2. The van der Waals surface area contributed by atoms with Crippen molar-refractivity contribution < 1.29 is 19.4 Å². The predicted molar refractivity (Wildman–Crippen MR) is 99.6 cm³/mol. The van der Waals surface area contributed by atoms with Crippen LogP contribution in [0.4, 0.5) is 0 Å². The zero-order chi connectivity index (χ0) is 19.7. The Morgan fingerprint density at radius 1 is 1.33 bits per heavy atom. The Hall–Kier alpha value is -2.67.